The van der Waals surface area contributed by atoms with Crippen molar-refractivity contribution in [1.82, 2.24) is 0 Å². The first kappa shape index (κ1) is 14.0. The second kappa shape index (κ2) is 4.46. The lowest BCUT2D eigenvalue weighted by Gasteiger charge is -2.58. The lowest BCUT2D eigenvalue weighted by Crippen LogP contribution is -2.52. The summed E-state index contributed by atoms with van der Waals surface area (Å²) in [5.74, 6) is 4.62. The predicted octanol–water partition coefficient (Wildman–Crippen LogP) is 5.01. The Morgan fingerprint density at radius 2 is 1.86 bits per heavy atom. The van der Waals surface area contributed by atoms with Crippen molar-refractivity contribution in [1.29, 1.82) is 0 Å². The van der Waals surface area contributed by atoms with Gasteiger partial charge in [-0.05, 0) is 85.0 Å². The third kappa shape index (κ3) is 1.79. The Balaban J connectivity index is 1.68. The van der Waals surface area contributed by atoms with E-state index in [0.29, 0.717) is 22.5 Å². The molecule has 0 aromatic rings. The predicted molar refractivity (Wildman–Crippen MR) is 85.8 cm³/mol. The summed E-state index contributed by atoms with van der Waals surface area (Å²) in [6.07, 6.45) is 13.4. The molecule has 0 aromatic carbocycles. The molecule has 0 saturated heterocycles. The highest BCUT2D eigenvalue weighted by molar-refractivity contribution is 5.91. The average Bonchev–Trinajstić information content (AvgIpc) is 2.76. The Labute approximate surface area is 129 Å². The quantitative estimate of drug-likeness (QED) is 0.611. The van der Waals surface area contributed by atoms with Gasteiger partial charge in [0.05, 0.1) is 0 Å². The summed E-state index contributed by atoms with van der Waals surface area (Å²) in [7, 11) is 0. The summed E-state index contributed by atoms with van der Waals surface area (Å²) >= 11 is 0. The van der Waals surface area contributed by atoms with Crippen molar-refractivity contribution < 1.29 is 4.79 Å². The van der Waals surface area contributed by atoms with Gasteiger partial charge in [0.15, 0.2) is 5.78 Å². The van der Waals surface area contributed by atoms with Crippen LogP contribution in [0.25, 0.3) is 0 Å². The highest BCUT2D eigenvalue weighted by Gasteiger charge is 2.58. The maximum atomic E-state index is 11.8. The summed E-state index contributed by atoms with van der Waals surface area (Å²) in [4.78, 5) is 11.8. The van der Waals surface area contributed by atoms with Gasteiger partial charge in [-0.1, -0.05) is 26.8 Å². The first-order valence-electron chi connectivity index (χ1n) is 9.17. The smallest absolute Gasteiger partial charge is 0.155 e. The van der Waals surface area contributed by atoms with Gasteiger partial charge in [-0.3, -0.25) is 4.79 Å². The van der Waals surface area contributed by atoms with Gasteiger partial charge >= 0.3 is 0 Å². The van der Waals surface area contributed by atoms with Crippen molar-refractivity contribution in [2.75, 3.05) is 0 Å². The van der Waals surface area contributed by atoms with Crippen LogP contribution in [0.1, 0.15) is 65.7 Å². The van der Waals surface area contributed by atoms with Crippen molar-refractivity contribution in [3.05, 3.63) is 12.2 Å². The Morgan fingerprint density at radius 3 is 2.67 bits per heavy atom. The van der Waals surface area contributed by atoms with Crippen LogP contribution in [0.5, 0.6) is 0 Å². The average molecular weight is 286 g/mol. The fraction of sp³-hybridized carbons (Fsp3) is 0.850. The zero-order chi connectivity index (χ0) is 14.8. The van der Waals surface area contributed by atoms with E-state index in [4.69, 9.17) is 0 Å². The van der Waals surface area contributed by atoms with Crippen molar-refractivity contribution in [3.8, 4) is 0 Å². The largest absolute Gasteiger partial charge is 0.295 e. The molecular formula is C20H30O. The highest BCUT2D eigenvalue weighted by atomic mass is 16.1. The van der Waals surface area contributed by atoms with E-state index in [1.54, 1.807) is 0 Å². The Morgan fingerprint density at radius 1 is 1.05 bits per heavy atom. The summed E-state index contributed by atoms with van der Waals surface area (Å²) in [5.41, 5.74) is 0.919. The molecule has 1 nitrogen and oxygen atoms in total. The van der Waals surface area contributed by atoms with Crippen LogP contribution in [0.2, 0.25) is 0 Å². The number of hydrogen-bond acceptors (Lipinski definition) is 1. The molecule has 116 valence electrons. The molecule has 0 heterocycles. The van der Waals surface area contributed by atoms with E-state index in [2.05, 4.69) is 26.8 Å². The number of rotatable bonds is 0. The molecule has 0 radical (unpaired) electrons. The maximum absolute atomic E-state index is 11.8. The monoisotopic (exact) mass is 286 g/mol. The molecule has 3 saturated carbocycles. The molecule has 0 aliphatic heterocycles. The first-order chi connectivity index (χ1) is 9.95. The van der Waals surface area contributed by atoms with Gasteiger partial charge in [-0.15, -0.1) is 0 Å². The molecule has 4 aliphatic rings. The zero-order valence-corrected chi connectivity index (χ0v) is 13.9. The summed E-state index contributed by atoms with van der Waals surface area (Å²) < 4.78 is 0. The second-order valence-corrected chi connectivity index (χ2v) is 9.04. The van der Waals surface area contributed by atoms with Gasteiger partial charge in [-0.2, -0.15) is 0 Å². The number of allylic oxidation sites excluding steroid dienone is 2. The minimum atomic E-state index is 0.310. The molecule has 21 heavy (non-hydrogen) atoms. The number of fused-ring (bicyclic) bond motifs is 5. The van der Waals surface area contributed by atoms with Gasteiger partial charge in [0.2, 0.25) is 0 Å². The zero-order valence-electron chi connectivity index (χ0n) is 13.9. The van der Waals surface area contributed by atoms with E-state index in [9.17, 15) is 4.79 Å². The molecular weight excluding hydrogens is 256 g/mol. The molecule has 4 rings (SSSR count). The van der Waals surface area contributed by atoms with Crippen LogP contribution in [0.15, 0.2) is 12.2 Å². The molecule has 1 heteroatoms. The van der Waals surface area contributed by atoms with Gasteiger partial charge in [0.25, 0.3) is 0 Å². The fourth-order valence-corrected chi connectivity index (χ4v) is 6.90. The molecule has 4 aliphatic carbocycles. The van der Waals surface area contributed by atoms with E-state index in [0.717, 1.165) is 30.1 Å². The second-order valence-electron chi connectivity index (χ2n) is 9.04. The van der Waals surface area contributed by atoms with E-state index < -0.39 is 0 Å². The van der Waals surface area contributed by atoms with Crippen LogP contribution in [-0.2, 0) is 4.79 Å². The van der Waals surface area contributed by atoms with Crippen LogP contribution in [-0.4, -0.2) is 5.78 Å². The van der Waals surface area contributed by atoms with Crippen LogP contribution >= 0.6 is 0 Å². The number of carbonyl (C=O) groups is 1. The van der Waals surface area contributed by atoms with E-state index >= 15 is 0 Å². The molecule has 0 N–H and O–H groups in total. The third-order valence-corrected chi connectivity index (χ3v) is 8.51. The third-order valence-electron chi connectivity index (χ3n) is 8.51. The van der Waals surface area contributed by atoms with E-state index in [1.807, 2.05) is 6.08 Å². The maximum Gasteiger partial charge on any atom is 0.155 e. The molecule has 0 amide bonds. The van der Waals surface area contributed by atoms with Crippen molar-refractivity contribution in [3.63, 3.8) is 0 Å². The Bertz CT molecular complexity index is 492. The van der Waals surface area contributed by atoms with Crippen LogP contribution in [0.3, 0.4) is 0 Å². The summed E-state index contributed by atoms with van der Waals surface area (Å²) in [6, 6.07) is 0. The van der Waals surface area contributed by atoms with Gasteiger partial charge in [-0.25, -0.2) is 0 Å². The van der Waals surface area contributed by atoms with Crippen LogP contribution in [0.4, 0.5) is 0 Å². The topological polar surface area (TPSA) is 17.1 Å². The van der Waals surface area contributed by atoms with Gasteiger partial charge < -0.3 is 0 Å². The fourth-order valence-electron chi connectivity index (χ4n) is 6.90. The van der Waals surface area contributed by atoms with Crippen LogP contribution < -0.4 is 0 Å². The number of carbonyl (C=O) groups excluding carboxylic acids is 1. The van der Waals surface area contributed by atoms with Crippen molar-refractivity contribution in [2.24, 2.45) is 40.4 Å². The highest BCUT2D eigenvalue weighted by Crippen LogP contribution is 2.66. The van der Waals surface area contributed by atoms with Crippen molar-refractivity contribution >= 4 is 5.78 Å². The standard InChI is InChI=1S/C20H30O/c1-13-4-7-17-16-6-5-14-12-15(21)8-10-20(14,3)18(16)9-11-19(13,17)2/h8,10,13-14,16-18H,4-7,9,11-12H2,1-3H3/t13?,14?,16-,17-,18+,19+,20-/m0/s1. The summed E-state index contributed by atoms with van der Waals surface area (Å²) in [5, 5.41) is 0. The normalized spacial score (nSPS) is 55.8. The molecule has 0 bridgehead atoms. The SMILES string of the molecule is CC1CC[C@H]2[C@@H]3CCC4CC(=O)C=C[C@]4(C)[C@@H]3CC[C@]12C. The molecule has 7 atom stereocenters. The lowest BCUT2D eigenvalue weighted by molar-refractivity contribution is -0.122. The Kier molecular flexibility index (Phi) is 2.98. The lowest BCUT2D eigenvalue weighted by atomic mass is 9.46. The minimum absolute atomic E-state index is 0.310. The minimum Gasteiger partial charge on any atom is -0.295 e. The molecule has 0 spiro atoms. The van der Waals surface area contributed by atoms with Crippen LogP contribution in [0, 0.1) is 40.4 Å². The summed E-state index contributed by atoms with van der Waals surface area (Å²) in [6.45, 7) is 7.55. The first-order valence-corrected chi connectivity index (χ1v) is 9.17. The molecule has 3 fully saturated rings. The van der Waals surface area contributed by atoms with E-state index in [1.165, 1.54) is 38.5 Å². The molecule has 0 aromatic heterocycles. The van der Waals surface area contributed by atoms with Gasteiger partial charge in [0.1, 0.15) is 0 Å². The van der Waals surface area contributed by atoms with Gasteiger partial charge in [0, 0.05) is 6.42 Å². The Hall–Kier alpha value is -0.590. The van der Waals surface area contributed by atoms with Crippen molar-refractivity contribution in [2.45, 2.75) is 65.7 Å². The number of hydrogen-bond donors (Lipinski definition) is 0. The number of ketones is 1. The van der Waals surface area contributed by atoms with E-state index in [-0.39, 0.29) is 0 Å². The molecule has 2 unspecified atom stereocenters.